The summed E-state index contributed by atoms with van der Waals surface area (Å²) >= 11 is 0. The molecule has 0 fully saturated rings. The van der Waals surface area contributed by atoms with E-state index >= 15 is 0 Å². The minimum absolute atomic E-state index is 0.332. The van der Waals surface area contributed by atoms with E-state index in [4.69, 9.17) is 4.74 Å². The predicted molar refractivity (Wildman–Crippen MR) is 79.2 cm³/mol. The summed E-state index contributed by atoms with van der Waals surface area (Å²) in [5, 5.41) is 3.56. The van der Waals surface area contributed by atoms with Crippen molar-refractivity contribution in [2.24, 2.45) is 0 Å². The number of hydrogen-bond donors (Lipinski definition) is 1. The molecule has 2 nitrogen and oxygen atoms in total. The number of methoxy groups -OCH3 is 1. The molecule has 2 heteroatoms. The quantitative estimate of drug-likeness (QED) is 0.767. The molecule has 2 rings (SSSR count). The van der Waals surface area contributed by atoms with E-state index in [0.29, 0.717) is 6.04 Å². The summed E-state index contributed by atoms with van der Waals surface area (Å²) in [5.74, 6) is 0. The lowest BCUT2D eigenvalue weighted by atomic mass is 9.99. The van der Waals surface area contributed by atoms with Gasteiger partial charge in [-0.2, -0.15) is 0 Å². The van der Waals surface area contributed by atoms with Gasteiger partial charge in [0.2, 0.25) is 0 Å². The van der Waals surface area contributed by atoms with Gasteiger partial charge in [0, 0.05) is 19.7 Å². The second kappa shape index (κ2) is 7.72. The highest BCUT2D eigenvalue weighted by molar-refractivity contribution is 5.23. The van der Waals surface area contributed by atoms with E-state index in [2.05, 4.69) is 66.0 Å². The third-order valence-electron chi connectivity index (χ3n) is 3.18. The summed E-state index contributed by atoms with van der Waals surface area (Å²) in [6.45, 7) is 1.60. The van der Waals surface area contributed by atoms with Gasteiger partial charge in [0.15, 0.2) is 0 Å². The maximum atomic E-state index is 5.12. The van der Waals surface area contributed by atoms with Crippen molar-refractivity contribution in [3.05, 3.63) is 71.8 Å². The molecule has 0 aliphatic carbocycles. The minimum Gasteiger partial charge on any atom is -0.383 e. The standard InChI is InChI=1S/C17H21NO/c1-19-13-12-18-17(16-10-6-3-7-11-16)14-15-8-4-2-5-9-15/h2-11,17-18H,12-14H2,1H3. The Morgan fingerprint density at radius 2 is 1.58 bits per heavy atom. The average molecular weight is 255 g/mol. The highest BCUT2D eigenvalue weighted by Crippen LogP contribution is 2.17. The molecule has 1 unspecified atom stereocenters. The second-order valence-electron chi connectivity index (χ2n) is 4.60. The van der Waals surface area contributed by atoms with E-state index in [9.17, 15) is 0 Å². The molecular formula is C17H21NO. The number of ether oxygens (including phenoxy) is 1. The lowest BCUT2D eigenvalue weighted by Crippen LogP contribution is -2.26. The molecule has 100 valence electrons. The van der Waals surface area contributed by atoms with Gasteiger partial charge in [-0.15, -0.1) is 0 Å². The molecule has 0 aromatic heterocycles. The van der Waals surface area contributed by atoms with Crippen LogP contribution in [0.3, 0.4) is 0 Å². The Labute approximate surface area is 115 Å². The molecule has 0 aliphatic heterocycles. The van der Waals surface area contributed by atoms with Crippen molar-refractivity contribution in [1.82, 2.24) is 5.32 Å². The molecule has 0 bridgehead atoms. The van der Waals surface area contributed by atoms with E-state index < -0.39 is 0 Å². The van der Waals surface area contributed by atoms with Crippen molar-refractivity contribution in [3.63, 3.8) is 0 Å². The lowest BCUT2D eigenvalue weighted by Gasteiger charge is -2.19. The first kappa shape index (κ1) is 13.8. The maximum Gasteiger partial charge on any atom is 0.0587 e. The van der Waals surface area contributed by atoms with Crippen molar-refractivity contribution < 1.29 is 4.74 Å². The Morgan fingerprint density at radius 3 is 2.21 bits per heavy atom. The van der Waals surface area contributed by atoms with Crippen LogP contribution in [0.5, 0.6) is 0 Å². The molecule has 0 amide bonds. The van der Waals surface area contributed by atoms with E-state index in [1.54, 1.807) is 7.11 Å². The smallest absolute Gasteiger partial charge is 0.0587 e. The third-order valence-corrected chi connectivity index (χ3v) is 3.18. The Kier molecular flexibility index (Phi) is 5.60. The zero-order chi connectivity index (χ0) is 13.3. The molecule has 2 aromatic carbocycles. The summed E-state index contributed by atoms with van der Waals surface area (Å²) < 4.78 is 5.12. The van der Waals surface area contributed by atoms with Crippen molar-refractivity contribution >= 4 is 0 Å². The van der Waals surface area contributed by atoms with Crippen molar-refractivity contribution in [2.45, 2.75) is 12.5 Å². The van der Waals surface area contributed by atoms with Gasteiger partial charge >= 0.3 is 0 Å². The van der Waals surface area contributed by atoms with Gasteiger partial charge in [0.05, 0.1) is 6.61 Å². The number of rotatable bonds is 7. The van der Waals surface area contributed by atoms with Crippen LogP contribution in [0.4, 0.5) is 0 Å². The van der Waals surface area contributed by atoms with Crippen molar-refractivity contribution in [2.75, 3.05) is 20.3 Å². The molecule has 0 aliphatic rings. The van der Waals surface area contributed by atoms with Crippen molar-refractivity contribution in [3.8, 4) is 0 Å². The fourth-order valence-corrected chi connectivity index (χ4v) is 2.18. The van der Waals surface area contributed by atoms with Crippen LogP contribution in [0.2, 0.25) is 0 Å². The average Bonchev–Trinajstić information content (AvgIpc) is 2.48. The molecule has 2 aromatic rings. The molecule has 19 heavy (non-hydrogen) atoms. The molecule has 0 heterocycles. The number of nitrogens with one attached hydrogen (secondary N) is 1. The Morgan fingerprint density at radius 1 is 0.947 bits per heavy atom. The minimum atomic E-state index is 0.332. The SMILES string of the molecule is COCCNC(Cc1ccccc1)c1ccccc1. The zero-order valence-electron chi connectivity index (χ0n) is 11.4. The van der Waals surface area contributed by atoms with Gasteiger partial charge in [-0.3, -0.25) is 0 Å². The number of hydrogen-bond acceptors (Lipinski definition) is 2. The van der Waals surface area contributed by atoms with E-state index in [1.165, 1.54) is 11.1 Å². The van der Waals surface area contributed by atoms with Gasteiger partial charge in [-0.1, -0.05) is 60.7 Å². The lowest BCUT2D eigenvalue weighted by molar-refractivity contribution is 0.195. The van der Waals surface area contributed by atoms with E-state index in [-0.39, 0.29) is 0 Å². The third kappa shape index (κ3) is 4.51. The summed E-state index contributed by atoms with van der Waals surface area (Å²) in [5.41, 5.74) is 2.67. The summed E-state index contributed by atoms with van der Waals surface area (Å²) in [6, 6.07) is 21.5. The molecule has 0 saturated heterocycles. The van der Waals surface area contributed by atoms with Crippen LogP contribution in [0, 0.1) is 0 Å². The van der Waals surface area contributed by atoms with E-state index in [1.807, 2.05) is 0 Å². The van der Waals surface area contributed by atoms with Gasteiger partial charge in [-0.05, 0) is 17.5 Å². The summed E-state index contributed by atoms with van der Waals surface area (Å²) in [4.78, 5) is 0. The van der Waals surface area contributed by atoms with E-state index in [0.717, 1.165) is 19.6 Å². The first-order chi connectivity index (χ1) is 9.40. The predicted octanol–water partition coefficient (Wildman–Crippen LogP) is 3.21. The molecule has 1 N–H and O–H groups in total. The highest BCUT2D eigenvalue weighted by atomic mass is 16.5. The van der Waals surface area contributed by atoms with Crippen LogP contribution in [0.1, 0.15) is 17.2 Å². The fraction of sp³-hybridized carbons (Fsp3) is 0.294. The highest BCUT2D eigenvalue weighted by Gasteiger charge is 2.10. The normalized spacial score (nSPS) is 12.3. The monoisotopic (exact) mass is 255 g/mol. The molecule has 0 spiro atoms. The summed E-state index contributed by atoms with van der Waals surface area (Å²) in [7, 11) is 1.73. The first-order valence-corrected chi connectivity index (χ1v) is 6.71. The largest absolute Gasteiger partial charge is 0.383 e. The van der Waals surface area contributed by atoms with Crippen LogP contribution >= 0.6 is 0 Å². The van der Waals surface area contributed by atoms with Gasteiger partial charge in [0.1, 0.15) is 0 Å². The molecule has 0 radical (unpaired) electrons. The Hall–Kier alpha value is -1.64. The molecule has 1 atom stereocenters. The van der Waals surface area contributed by atoms with Gasteiger partial charge in [-0.25, -0.2) is 0 Å². The zero-order valence-corrected chi connectivity index (χ0v) is 11.4. The Balaban J connectivity index is 2.06. The summed E-state index contributed by atoms with van der Waals surface area (Å²) in [6.07, 6.45) is 0.995. The van der Waals surface area contributed by atoms with Gasteiger partial charge in [0.25, 0.3) is 0 Å². The maximum absolute atomic E-state index is 5.12. The van der Waals surface area contributed by atoms with Crippen LogP contribution in [-0.4, -0.2) is 20.3 Å². The van der Waals surface area contributed by atoms with Crippen LogP contribution in [0.15, 0.2) is 60.7 Å². The first-order valence-electron chi connectivity index (χ1n) is 6.71. The topological polar surface area (TPSA) is 21.3 Å². The fourth-order valence-electron chi connectivity index (χ4n) is 2.18. The Bertz CT molecular complexity index is 455. The van der Waals surface area contributed by atoms with Crippen LogP contribution < -0.4 is 5.32 Å². The molecule has 0 saturated carbocycles. The number of benzene rings is 2. The van der Waals surface area contributed by atoms with Crippen LogP contribution in [-0.2, 0) is 11.2 Å². The van der Waals surface area contributed by atoms with Crippen LogP contribution in [0.25, 0.3) is 0 Å². The molecular weight excluding hydrogens is 234 g/mol. The van der Waals surface area contributed by atoms with Gasteiger partial charge < -0.3 is 10.1 Å². The van der Waals surface area contributed by atoms with Crippen molar-refractivity contribution in [1.29, 1.82) is 0 Å². The second-order valence-corrected chi connectivity index (χ2v) is 4.60.